The summed E-state index contributed by atoms with van der Waals surface area (Å²) >= 11 is 0.848. The van der Waals surface area contributed by atoms with Gasteiger partial charge in [-0.15, -0.1) is 0 Å². The van der Waals surface area contributed by atoms with Crippen molar-refractivity contribution in [1.29, 1.82) is 0 Å². The number of rotatable bonds is 2. The summed E-state index contributed by atoms with van der Waals surface area (Å²) in [6.07, 6.45) is -3.27. The molecule has 1 aromatic heterocycles. The maximum atomic E-state index is 14.0. The third-order valence-electron chi connectivity index (χ3n) is 4.46. The van der Waals surface area contributed by atoms with E-state index in [1.807, 2.05) is 0 Å². The van der Waals surface area contributed by atoms with Crippen LogP contribution in [-0.2, 0) is 24.8 Å². The number of benzene rings is 1. The molecule has 2 fully saturated rings. The van der Waals surface area contributed by atoms with Gasteiger partial charge < -0.3 is 18.6 Å². The molecule has 6 nitrogen and oxygen atoms in total. The zero-order chi connectivity index (χ0) is 18.3. The maximum absolute atomic E-state index is 14.0. The van der Waals surface area contributed by atoms with Crippen molar-refractivity contribution in [3.63, 3.8) is 0 Å². The highest BCUT2D eigenvalue weighted by Gasteiger charge is 2.45. The molecule has 2 aromatic rings. The Hall–Kier alpha value is -1.20. The molecule has 0 amide bonds. The molecular weight excluding hydrogens is 371 g/mol. The quantitative estimate of drug-likeness (QED) is 0.726. The van der Waals surface area contributed by atoms with Gasteiger partial charge in [0, 0.05) is 37.4 Å². The summed E-state index contributed by atoms with van der Waals surface area (Å²) in [6.45, 7) is 2.90. The van der Waals surface area contributed by atoms with Gasteiger partial charge in [0.05, 0.1) is 17.3 Å². The second-order valence-electron chi connectivity index (χ2n) is 6.14. The number of nitrogens with zero attached hydrogens (tertiary/aromatic N) is 2. The number of hydrogen-bond donors (Lipinski definition) is 0. The molecule has 12 heteroatoms. The Kier molecular flexibility index (Phi) is 4.95. The molecular formula is C14H15B2F3N2O4S. The van der Waals surface area contributed by atoms with E-state index in [0.717, 1.165) is 11.7 Å². The Morgan fingerprint density at radius 2 is 1.31 bits per heavy atom. The van der Waals surface area contributed by atoms with Crippen molar-refractivity contribution in [2.75, 3.05) is 26.4 Å². The van der Waals surface area contributed by atoms with Gasteiger partial charge in [0.15, 0.2) is 0 Å². The largest absolute Gasteiger partial charge is 0.496 e. The minimum Gasteiger partial charge on any atom is -0.407 e. The first kappa shape index (κ1) is 18.2. The van der Waals surface area contributed by atoms with Gasteiger partial charge >= 0.3 is 20.4 Å². The number of aromatic nitrogens is 2. The normalized spacial score (nSPS) is 19.4. The van der Waals surface area contributed by atoms with Crippen LogP contribution in [0.25, 0.3) is 11.0 Å². The van der Waals surface area contributed by atoms with Gasteiger partial charge in [-0.3, -0.25) is 0 Å². The summed E-state index contributed by atoms with van der Waals surface area (Å²) in [4.78, 5) is 0. The summed E-state index contributed by atoms with van der Waals surface area (Å²) in [7, 11) is -2.01. The molecule has 4 rings (SSSR count). The average molecular weight is 386 g/mol. The third-order valence-corrected chi connectivity index (χ3v) is 4.98. The van der Waals surface area contributed by atoms with E-state index in [1.54, 1.807) is 0 Å². The average Bonchev–Trinajstić information content (AvgIpc) is 3.10. The van der Waals surface area contributed by atoms with Gasteiger partial charge in [0.25, 0.3) is 0 Å². The Labute approximate surface area is 152 Å². The minimum atomic E-state index is -4.61. The smallest absolute Gasteiger partial charge is 0.407 e. The van der Waals surface area contributed by atoms with E-state index >= 15 is 0 Å². The standard InChI is InChI=1S/C14H15B2F3N2O4S/c1-8-9(14(17,18)19)11(16-24-6-3-7-25-16)13-12(20-26-21-13)10(8)15-22-4-2-5-23-15/h2-7H2,1H3. The Bertz CT molecular complexity index is 808. The molecule has 0 aliphatic carbocycles. The zero-order valence-electron chi connectivity index (χ0n) is 14.0. The third kappa shape index (κ3) is 3.13. The molecule has 2 aliphatic heterocycles. The molecule has 0 saturated carbocycles. The molecule has 0 atom stereocenters. The van der Waals surface area contributed by atoms with Crippen LogP contribution < -0.4 is 10.9 Å². The summed E-state index contributed by atoms with van der Waals surface area (Å²) in [5.74, 6) is 0. The predicted octanol–water partition coefficient (Wildman–Crippen LogP) is 1.28. The fourth-order valence-electron chi connectivity index (χ4n) is 3.37. The topological polar surface area (TPSA) is 62.7 Å². The number of hydrogen-bond acceptors (Lipinski definition) is 7. The molecule has 1 aromatic carbocycles. The van der Waals surface area contributed by atoms with Gasteiger partial charge in [-0.2, -0.15) is 21.9 Å². The van der Waals surface area contributed by atoms with E-state index in [9.17, 15) is 13.2 Å². The van der Waals surface area contributed by atoms with Crippen molar-refractivity contribution in [3.05, 3.63) is 11.1 Å². The number of alkyl halides is 3. The van der Waals surface area contributed by atoms with Crippen LogP contribution in [0.15, 0.2) is 0 Å². The lowest BCUT2D eigenvalue weighted by molar-refractivity contribution is -0.137. The van der Waals surface area contributed by atoms with E-state index in [0.29, 0.717) is 44.8 Å². The van der Waals surface area contributed by atoms with Crippen LogP contribution in [0.1, 0.15) is 24.0 Å². The van der Waals surface area contributed by atoms with Crippen molar-refractivity contribution in [3.8, 4) is 0 Å². The SMILES string of the molecule is Cc1c(C(F)(F)F)c(B2OCCCO2)c2nsnc2c1B1OCCCO1. The Morgan fingerprint density at radius 1 is 0.846 bits per heavy atom. The van der Waals surface area contributed by atoms with Crippen LogP contribution in [-0.4, -0.2) is 49.4 Å². The van der Waals surface area contributed by atoms with Crippen molar-refractivity contribution >= 4 is 47.9 Å². The number of fused-ring (bicyclic) bond motifs is 1. The highest BCUT2D eigenvalue weighted by Crippen LogP contribution is 2.33. The summed E-state index contributed by atoms with van der Waals surface area (Å²) in [5, 5.41) is 0. The first-order chi connectivity index (χ1) is 12.5. The molecule has 0 spiro atoms. The van der Waals surface area contributed by atoms with E-state index in [-0.39, 0.29) is 22.0 Å². The molecule has 0 N–H and O–H groups in total. The maximum Gasteiger partial charge on any atom is 0.496 e. The van der Waals surface area contributed by atoms with Crippen LogP contribution in [0, 0.1) is 6.92 Å². The molecule has 0 unspecified atom stereocenters. The lowest BCUT2D eigenvalue weighted by Crippen LogP contribution is -2.49. The molecule has 3 heterocycles. The lowest BCUT2D eigenvalue weighted by atomic mass is 9.66. The Morgan fingerprint density at radius 3 is 1.81 bits per heavy atom. The van der Waals surface area contributed by atoms with Crippen molar-refractivity contribution in [2.45, 2.75) is 25.9 Å². The molecule has 0 radical (unpaired) electrons. The zero-order valence-corrected chi connectivity index (χ0v) is 14.8. The van der Waals surface area contributed by atoms with E-state index in [4.69, 9.17) is 18.6 Å². The second-order valence-corrected chi connectivity index (χ2v) is 6.67. The van der Waals surface area contributed by atoms with Gasteiger partial charge in [-0.25, -0.2) is 0 Å². The first-order valence-corrected chi connectivity index (χ1v) is 9.03. The van der Waals surface area contributed by atoms with Gasteiger partial charge in [0.2, 0.25) is 0 Å². The van der Waals surface area contributed by atoms with Crippen LogP contribution >= 0.6 is 11.7 Å². The number of halogens is 3. The van der Waals surface area contributed by atoms with Gasteiger partial charge in [-0.1, -0.05) is 0 Å². The van der Waals surface area contributed by atoms with Crippen molar-refractivity contribution in [1.82, 2.24) is 8.75 Å². The molecule has 138 valence electrons. The van der Waals surface area contributed by atoms with E-state index in [1.165, 1.54) is 6.92 Å². The minimum absolute atomic E-state index is 0.0115. The molecule has 26 heavy (non-hydrogen) atoms. The fraction of sp³-hybridized carbons (Fsp3) is 0.571. The molecule has 2 aliphatic rings. The van der Waals surface area contributed by atoms with Gasteiger partial charge in [0.1, 0.15) is 11.0 Å². The predicted molar refractivity (Wildman–Crippen MR) is 91.0 cm³/mol. The molecule has 2 saturated heterocycles. The lowest BCUT2D eigenvalue weighted by Gasteiger charge is -2.27. The van der Waals surface area contributed by atoms with Crippen molar-refractivity contribution in [2.24, 2.45) is 0 Å². The Balaban J connectivity index is 1.97. The van der Waals surface area contributed by atoms with Crippen LogP contribution in [0.4, 0.5) is 13.2 Å². The van der Waals surface area contributed by atoms with E-state index in [2.05, 4.69) is 8.75 Å². The van der Waals surface area contributed by atoms with E-state index < -0.39 is 26.0 Å². The van der Waals surface area contributed by atoms with Crippen LogP contribution in [0.3, 0.4) is 0 Å². The van der Waals surface area contributed by atoms with Crippen LogP contribution in [0.2, 0.25) is 0 Å². The summed E-state index contributed by atoms with van der Waals surface area (Å²) < 4.78 is 72.4. The van der Waals surface area contributed by atoms with Crippen molar-refractivity contribution < 1.29 is 31.8 Å². The van der Waals surface area contributed by atoms with Crippen LogP contribution in [0.5, 0.6) is 0 Å². The van der Waals surface area contributed by atoms with Gasteiger partial charge in [-0.05, 0) is 25.3 Å². The monoisotopic (exact) mass is 386 g/mol. The first-order valence-electron chi connectivity index (χ1n) is 8.30. The highest BCUT2D eigenvalue weighted by atomic mass is 32.1. The fourth-order valence-corrected chi connectivity index (χ4v) is 3.94. The highest BCUT2D eigenvalue weighted by molar-refractivity contribution is 7.00. The summed E-state index contributed by atoms with van der Waals surface area (Å²) in [5.41, 5.74) is -0.152. The summed E-state index contributed by atoms with van der Waals surface area (Å²) in [6, 6.07) is 0. The molecule has 0 bridgehead atoms. The second kappa shape index (κ2) is 7.08.